The van der Waals surface area contributed by atoms with Gasteiger partial charge in [0.25, 0.3) is 0 Å². The number of nitrogens with zero attached hydrogens (tertiary/aromatic N) is 3. The number of aromatic nitrogens is 2. The number of halogens is 1. The number of ether oxygens (including phenoxy) is 1. The van der Waals surface area contributed by atoms with Gasteiger partial charge in [0, 0.05) is 5.75 Å². The summed E-state index contributed by atoms with van der Waals surface area (Å²) in [5, 5.41) is 9.51. The summed E-state index contributed by atoms with van der Waals surface area (Å²) in [6.45, 7) is 2.02. The Morgan fingerprint density at radius 1 is 1.64 bits per heavy atom. The third-order valence-electron chi connectivity index (χ3n) is 3.43. The molecule has 5 nitrogen and oxygen atoms in total. The standard InChI is InChI=1S/C15H12FN3O2S/c1-2-21-14(20)12-7-18-15-19(12)13(8-22-15)9-3-4-10(6-17)11(16)5-9/h3-5,7,13H,2,8H2,1H3. The number of hydrogen-bond donors (Lipinski definition) is 0. The highest BCUT2D eigenvalue weighted by Crippen LogP contribution is 2.38. The van der Waals surface area contributed by atoms with Crippen LogP contribution in [0.5, 0.6) is 0 Å². The van der Waals surface area contributed by atoms with E-state index in [0.717, 1.165) is 0 Å². The number of imidazole rings is 1. The van der Waals surface area contributed by atoms with Crippen LogP contribution in [0.15, 0.2) is 29.6 Å². The number of nitriles is 1. The fourth-order valence-electron chi connectivity index (χ4n) is 2.41. The zero-order valence-electron chi connectivity index (χ0n) is 11.7. The number of benzene rings is 1. The number of hydrogen-bond acceptors (Lipinski definition) is 5. The number of fused-ring (bicyclic) bond motifs is 1. The summed E-state index contributed by atoms with van der Waals surface area (Å²) in [7, 11) is 0. The van der Waals surface area contributed by atoms with Crippen LogP contribution in [0.1, 0.15) is 34.6 Å². The van der Waals surface area contributed by atoms with Gasteiger partial charge in [0.05, 0.1) is 24.4 Å². The van der Waals surface area contributed by atoms with Crippen molar-refractivity contribution >= 4 is 17.7 Å². The molecule has 1 aliphatic rings. The molecule has 1 aliphatic heterocycles. The fraction of sp³-hybridized carbons (Fsp3) is 0.267. The van der Waals surface area contributed by atoms with E-state index in [0.29, 0.717) is 22.2 Å². The van der Waals surface area contributed by atoms with Crippen LogP contribution in [0.25, 0.3) is 0 Å². The third kappa shape index (κ3) is 2.35. The van der Waals surface area contributed by atoms with Gasteiger partial charge in [-0.3, -0.25) is 0 Å². The molecule has 0 radical (unpaired) electrons. The first-order valence-electron chi connectivity index (χ1n) is 6.72. The molecule has 2 heterocycles. The first-order valence-corrected chi connectivity index (χ1v) is 7.71. The van der Waals surface area contributed by atoms with E-state index < -0.39 is 11.8 Å². The van der Waals surface area contributed by atoms with Crippen LogP contribution in [0.4, 0.5) is 4.39 Å². The summed E-state index contributed by atoms with van der Waals surface area (Å²) >= 11 is 1.50. The smallest absolute Gasteiger partial charge is 0.356 e. The van der Waals surface area contributed by atoms with Crippen molar-refractivity contribution in [2.75, 3.05) is 12.4 Å². The Kier molecular flexibility index (Phi) is 3.86. The highest BCUT2D eigenvalue weighted by molar-refractivity contribution is 7.99. The van der Waals surface area contributed by atoms with Crippen LogP contribution in [0, 0.1) is 17.1 Å². The van der Waals surface area contributed by atoms with E-state index in [-0.39, 0.29) is 18.2 Å². The maximum absolute atomic E-state index is 13.8. The monoisotopic (exact) mass is 317 g/mol. The molecule has 22 heavy (non-hydrogen) atoms. The third-order valence-corrected chi connectivity index (χ3v) is 4.47. The number of carbonyl (C=O) groups is 1. The van der Waals surface area contributed by atoms with Crippen molar-refractivity contribution in [3.63, 3.8) is 0 Å². The molecular weight excluding hydrogens is 305 g/mol. The molecule has 0 fully saturated rings. The van der Waals surface area contributed by atoms with Crippen LogP contribution in [-0.4, -0.2) is 27.9 Å². The minimum Gasteiger partial charge on any atom is -0.461 e. The topological polar surface area (TPSA) is 67.9 Å². The van der Waals surface area contributed by atoms with E-state index in [1.807, 2.05) is 0 Å². The number of esters is 1. The van der Waals surface area contributed by atoms with Crippen molar-refractivity contribution < 1.29 is 13.9 Å². The second kappa shape index (κ2) is 5.81. The quantitative estimate of drug-likeness (QED) is 0.814. The second-order valence-corrected chi connectivity index (χ2v) is 5.68. The Balaban J connectivity index is 2.00. The molecule has 2 aromatic rings. The molecule has 0 N–H and O–H groups in total. The van der Waals surface area contributed by atoms with Gasteiger partial charge in [0.1, 0.15) is 17.6 Å². The van der Waals surface area contributed by atoms with Gasteiger partial charge in [0.2, 0.25) is 0 Å². The maximum atomic E-state index is 13.8. The predicted molar refractivity (Wildman–Crippen MR) is 78.2 cm³/mol. The average Bonchev–Trinajstić information content (AvgIpc) is 3.08. The van der Waals surface area contributed by atoms with Crippen molar-refractivity contribution in [2.24, 2.45) is 0 Å². The highest BCUT2D eigenvalue weighted by atomic mass is 32.2. The Hall–Kier alpha value is -2.33. The van der Waals surface area contributed by atoms with E-state index in [9.17, 15) is 9.18 Å². The van der Waals surface area contributed by atoms with Crippen molar-refractivity contribution in [1.29, 1.82) is 5.26 Å². The molecular formula is C15H12FN3O2S. The summed E-state index contributed by atoms with van der Waals surface area (Å²) in [5.74, 6) is -0.347. The Morgan fingerprint density at radius 3 is 3.14 bits per heavy atom. The summed E-state index contributed by atoms with van der Waals surface area (Å²) < 4.78 is 20.6. The lowest BCUT2D eigenvalue weighted by molar-refractivity contribution is 0.0512. The summed E-state index contributed by atoms with van der Waals surface area (Å²) in [5.41, 5.74) is 1.06. The van der Waals surface area contributed by atoms with E-state index >= 15 is 0 Å². The zero-order chi connectivity index (χ0) is 15.7. The Morgan fingerprint density at radius 2 is 2.45 bits per heavy atom. The fourth-order valence-corrected chi connectivity index (χ4v) is 3.55. The van der Waals surface area contributed by atoms with Crippen LogP contribution in [0.2, 0.25) is 0 Å². The molecule has 0 spiro atoms. The Bertz CT molecular complexity index is 782. The van der Waals surface area contributed by atoms with Gasteiger partial charge in [-0.15, -0.1) is 0 Å². The summed E-state index contributed by atoms with van der Waals surface area (Å²) in [6.07, 6.45) is 1.48. The van der Waals surface area contributed by atoms with Crippen molar-refractivity contribution in [2.45, 2.75) is 18.1 Å². The minimum absolute atomic E-state index is 0.00544. The zero-order valence-corrected chi connectivity index (χ0v) is 12.6. The van der Waals surface area contributed by atoms with Crippen LogP contribution in [-0.2, 0) is 4.74 Å². The van der Waals surface area contributed by atoms with Gasteiger partial charge in [0.15, 0.2) is 5.16 Å². The Labute approximate surface area is 130 Å². The number of carbonyl (C=O) groups excluding carboxylic acids is 1. The molecule has 3 rings (SSSR count). The number of thioether (sulfide) groups is 1. The first kappa shape index (κ1) is 14.6. The van der Waals surface area contributed by atoms with Gasteiger partial charge in [-0.25, -0.2) is 14.2 Å². The molecule has 7 heteroatoms. The van der Waals surface area contributed by atoms with Crippen molar-refractivity contribution in [3.8, 4) is 6.07 Å². The molecule has 112 valence electrons. The molecule has 0 aliphatic carbocycles. The largest absolute Gasteiger partial charge is 0.461 e. The van der Waals surface area contributed by atoms with Crippen molar-refractivity contribution in [1.82, 2.24) is 9.55 Å². The molecule has 1 aromatic heterocycles. The van der Waals surface area contributed by atoms with E-state index in [2.05, 4.69) is 4.98 Å². The maximum Gasteiger partial charge on any atom is 0.356 e. The molecule has 1 atom stereocenters. The van der Waals surface area contributed by atoms with Crippen LogP contribution in [0.3, 0.4) is 0 Å². The molecule has 0 saturated carbocycles. The van der Waals surface area contributed by atoms with Gasteiger partial charge >= 0.3 is 5.97 Å². The average molecular weight is 317 g/mol. The molecule has 0 bridgehead atoms. The molecule has 0 saturated heterocycles. The lowest BCUT2D eigenvalue weighted by Crippen LogP contribution is -2.17. The minimum atomic E-state index is -0.559. The van der Waals surface area contributed by atoms with Gasteiger partial charge in [-0.2, -0.15) is 5.26 Å². The lowest BCUT2D eigenvalue weighted by atomic mass is 10.1. The second-order valence-electron chi connectivity index (χ2n) is 4.69. The van der Waals surface area contributed by atoms with Crippen LogP contribution >= 0.6 is 11.8 Å². The van der Waals surface area contributed by atoms with Crippen LogP contribution < -0.4 is 0 Å². The molecule has 1 unspecified atom stereocenters. The summed E-state index contributed by atoms with van der Waals surface area (Å²) in [4.78, 5) is 16.2. The van der Waals surface area contributed by atoms with Gasteiger partial charge in [-0.05, 0) is 24.6 Å². The lowest BCUT2D eigenvalue weighted by Gasteiger charge is -2.15. The predicted octanol–water partition coefficient (Wildman–Crippen LogP) is 2.77. The van der Waals surface area contributed by atoms with E-state index in [4.69, 9.17) is 10.00 Å². The van der Waals surface area contributed by atoms with Gasteiger partial charge < -0.3 is 9.30 Å². The molecule has 1 aromatic carbocycles. The van der Waals surface area contributed by atoms with E-state index in [1.54, 1.807) is 23.6 Å². The molecule has 0 amide bonds. The highest BCUT2D eigenvalue weighted by Gasteiger charge is 2.31. The summed E-state index contributed by atoms with van der Waals surface area (Å²) in [6, 6.07) is 6.09. The number of rotatable bonds is 3. The first-order chi connectivity index (χ1) is 10.7. The van der Waals surface area contributed by atoms with Gasteiger partial charge in [-0.1, -0.05) is 17.8 Å². The normalized spacial score (nSPS) is 16.1. The van der Waals surface area contributed by atoms with Crippen molar-refractivity contribution in [3.05, 3.63) is 47.0 Å². The van der Waals surface area contributed by atoms with E-state index in [1.165, 1.54) is 30.1 Å². The SMILES string of the molecule is CCOC(=O)c1cnc2n1C(c1ccc(C#N)c(F)c1)CS2.